The molecule has 1 aromatic rings. The molecule has 6 heteroatoms. The van der Waals surface area contributed by atoms with E-state index in [9.17, 15) is 13.2 Å². The summed E-state index contributed by atoms with van der Waals surface area (Å²) >= 11 is 0. The van der Waals surface area contributed by atoms with E-state index >= 15 is 0 Å². The second-order valence-electron chi connectivity index (χ2n) is 3.69. The molecule has 1 unspecified atom stereocenters. The van der Waals surface area contributed by atoms with Gasteiger partial charge in [-0.2, -0.15) is 12.8 Å². The van der Waals surface area contributed by atoms with E-state index in [1.165, 1.54) is 7.11 Å². The number of rotatable bonds is 3. The second-order valence-corrected chi connectivity index (χ2v) is 4.33. The highest BCUT2D eigenvalue weighted by molar-refractivity contribution is 7.61. The Labute approximate surface area is 108 Å². The molecule has 1 rings (SSSR count). The maximum Gasteiger partial charge on any atom is 0.332 e. The minimum atomic E-state index is -2.56. The van der Waals surface area contributed by atoms with Gasteiger partial charge in [-0.05, 0) is 5.92 Å². The number of ether oxygens (including phenoxy) is 1. The van der Waals surface area contributed by atoms with Gasteiger partial charge in [-0.1, -0.05) is 50.2 Å². The molecular formula is C12H17NO4S. The van der Waals surface area contributed by atoms with Crippen LogP contribution >= 0.6 is 0 Å². The molecule has 0 amide bonds. The highest BCUT2D eigenvalue weighted by Crippen LogP contribution is 2.07. The van der Waals surface area contributed by atoms with Crippen LogP contribution in [0.5, 0.6) is 0 Å². The van der Waals surface area contributed by atoms with Crippen LogP contribution in [0.4, 0.5) is 0 Å². The van der Waals surface area contributed by atoms with Crippen LogP contribution < -0.4 is 0 Å². The van der Waals surface area contributed by atoms with E-state index in [2.05, 4.69) is 9.10 Å². The van der Waals surface area contributed by atoms with Crippen LogP contribution in [0.2, 0.25) is 0 Å². The molecule has 0 spiro atoms. The molecular weight excluding hydrogens is 254 g/mol. The maximum atomic E-state index is 10.9. The maximum absolute atomic E-state index is 10.9. The minimum absolute atomic E-state index is 0.185. The second kappa shape index (κ2) is 9.35. The number of hydrogen-bond acceptors (Lipinski definition) is 5. The van der Waals surface area contributed by atoms with E-state index in [4.69, 9.17) is 0 Å². The number of benzene rings is 1. The number of methoxy groups -OCH3 is 1. The number of carbonyl (C=O) groups excluding carboxylic acids is 1. The zero-order chi connectivity index (χ0) is 14.0. The van der Waals surface area contributed by atoms with E-state index in [1.54, 1.807) is 13.8 Å². The Morgan fingerprint density at radius 2 is 1.44 bits per heavy atom. The molecule has 0 saturated heterocycles. The van der Waals surface area contributed by atoms with Gasteiger partial charge in [-0.25, -0.2) is 4.79 Å². The zero-order valence-electron chi connectivity index (χ0n) is 10.6. The molecule has 0 heterocycles. The molecule has 5 nitrogen and oxygen atoms in total. The van der Waals surface area contributed by atoms with Crippen LogP contribution in [0.15, 0.2) is 40.8 Å². The van der Waals surface area contributed by atoms with Gasteiger partial charge in [0.2, 0.25) is 0 Å². The van der Waals surface area contributed by atoms with Crippen molar-refractivity contribution in [2.45, 2.75) is 19.9 Å². The third-order valence-electron chi connectivity index (χ3n) is 1.94. The summed E-state index contributed by atoms with van der Waals surface area (Å²) in [6.45, 7) is 3.38. The topological polar surface area (TPSA) is 72.8 Å². The molecule has 0 N–H and O–H groups in total. The van der Waals surface area contributed by atoms with Crippen molar-refractivity contribution in [3.05, 3.63) is 36.4 Å². The lowest BCUT2D eigenvalue weighted by molar-refractivity contribution is -0.143. The fourth-order valence-corrected chi connectivity index (χ4v) is 1.55. The predicted molar refractivity (Wildman–Crippen MR) is 68.4 cm³/mol. The molecule has 0 aliphatic carbocycles. The summed E-state index contributed by atoms with van der Waals surface area (Å²) in [5.74, 6) is -0.815. The van der Waals surface area contributed by atoms with Gasteiger partial charge in [0.05, 0.1) is 7.11 Å². The molecule has 0 bridgehead atoms. The van der Waals surface area contributed by atoms with Gasteiger partial charge in [-0.3, -0.25) is 0 Å². The van der Waals surface area contributed by atoms with E-state index in [0.29, 0.717) is 0 Å². The van der Waals surface area contributed by atoms with Crippen LogP contribution in [-0.2, 0) is 20.0 Å². The van der Waals surface area contributed by atoms with Gasteiger partial charge in [0.1, 0.15) is 0 Å². The van der Waals surface area contributed by atoms with Crippen molar-refractivity contribution in [3.63, 3.8) is 0 Å². The summed E-state index contributed by atoms with van der Waals surface area (Å²) in [4.78, 5) is 10.9. The van der Waals surface area contributed by atoms with Crippen molar-refractivity contribution in [1.82, 2.24) is 0 Å². The van der Waals surface area contributed by atoms with E-state index in [1.807, 2.05) is 36.4 Å². The van der Waals surface area contributed by atoms with Gasteiger partial charge >= 0.3 is 16.5 Å². The Morgan fingerprint density at radius 1 is 1.06 bits per heavy atom. The molecule has 0 radical (unpaired) electrons. The van der Waals surface area contributed by atoms with Crippen molar-refractivity contribution in [3.8, 4) is 0 Å². The number of carbonyl (C=O) groups is 1. The standard InChI is InChI=1S/C6H11NO4S.C6H6/c1-4(2)5(6(8)11-3)7-12(9)10;1-2-4-6-5-3-1/h4-5H,1-3H3;1-6H. The molecule has 1 aromatic carbocycles. The highest BCUT2D eigenvalue weighted by atomic mass is 32.2. The fraction of sp³-hybridized carbons (Fsp3) is 0.417. The highest BCUT2D eigenvalue weighted by Gasteiger charge is 2.22. The van der Waals surface area contributed by atoms with Crippen molar-refractivity contribution in [2.75, 3.05) is 7.11 Å². The van der Waals surface area contributed by atoms with E-state index in [-0.39, 0.29) is 5.92 Å². The largest absolute Gasteiger partial charge is 0.467 e. The Bertz CT molecular complexity index is 433. The summed E-state index contributed by atoms with van der Waals surface area (Å²) in [6.07, 6.45) is 0. The Kier molecular flexibility index (Phi) is 8.47. The Balaban J connectivity index is 0.000000397. The Hall–Kier alpha value is -1.69. The van der Waals surface area contributed by atoms with Crippen molar-refractivity contribution >= 4 is 16.5 Å². The van der Waals surface area contributed by atoms with Crippen molar-refractivity contribution in [1.29, 1.82) is 0 Å². The summed E-state index contributed by atoms with van der Waals surface area (Å²) in [7, 11) is -1.37. The van der Waals surface area contributed by atoms with Gasteiger partial charge in [-0.15, -0.1) is 0 Å². The summed E-state index contributed by atoms with van der Waals surface area (Å²) < 4.78 is 27.9. The average molecular weight is 271 g/mol. The first kappa shape index (κ1) is 16.3. The molecule has 0 aromatic heterocycles. The van der Waals surface area contributed by atoms with Crippen LogP contribution in [0.3, 0.4) is 0 Å². The SMILES string of the molecule is COC(=O)C(N=S(=O)=O)C(C)C.c1ccccc1. The first-order valence-corrected chi connectivity index (χ1v) is 6.40. The van der Waals surface area contributed by atoms with Gasteiger partial charge in [0, 0.05) is 0 Å². The lowest BCUT2D eigenvalue weighted by Crippen LogP contribution is -2.25. The fourth-order valence-electron chi connectivity index (χ4n) is 1.04. The smallest absolute Gasteiger partial charge is 0.332 e. The summed E-state index contributed by atoms with van der Waals surface area (Å²) in [5, 5.41) is 0. The van der Waals surface area contributed by atoms with Crippen LogP contribution in [0, 0.1) is 5.92 Å². The predicted octanol–water partition coefficient (Wildman–Crippen LogP) is 1.93. The first-order chi connectivity index (χ1) is 8.49. The molecule has 1 atom stereocenters. The summed E-state index contributed by atoms with van der Waals surface area (Å²) in [6, 6.07) is 11.1. The van der Waals surface area contributed by atoms with Crippen LogP contribution in [0.25, 0.3) is 0 Å². The molecule has 0 aliphatic rings. The average Bonchev–Trinajstić information content (AvgIpc) is 2.37. The minimum Gasteiger partial charge on any atom is -0.467 e. The quantitative estimate of drug-likeness (QED) is 0.787. The normalized spacial score (nSPS) is 10.9. The number of nitrogens with zero attached hydrogens (tertiary/aromatic N) is 1. The Morgan fingerprint density at radius 3 is 1.67 bits per heavy atom. The molecule has 0 aliphatic heterocycles. The third kappa shape index (κ3) is 7.56. The van der Waals surface area contributed by atoms with Gasteiger partial charge in [0.25, 0.3) is 0 Å². The van der Waals surface area contributed by atoms with Gasteiger partial charge in [0.15, 0.2) is 6.04 Å². The first-order valence-electron chi connectivity index (χ1n) is 5.37. The molecule has 0 fully saturated rings. The number of esters is 1. The lowest BCUT2D eigenvalue weighted by Gasteiger charge is -2.10. The third-order valence-corrected chi connectivity index (χ3v) is 2.34. The molecule has 0 saturated carbocycles. The summed E-state index contributed by atoms with van der Waals surface area (Å²) in [5.41, 5.74) is 0. The van der Waals surface area contributed by atoms with Gasteiger partial charge < -0.3 is 4.74 Å². The molecule has 100 valence electrons. The van der Waals surface area contributed by atoms with Crippen LogP contribution in [0.1, 0.15) is 13.8 Å². The van der Waals surface area contributed by atoms with Crippen molar-refractivity contribution in [2.24, 2.45) is 10.3 Å². The number of hydrogen-bond donors (Lipinski definition) is 0. The van der Waals surface area contributed by atoms with E-state index in [0.717, 1.165) is 0 Å². The van der Waals surface area contributed by atoms with Crippen LogP contribution in [-0.4, -0.2) is 27.5 Å². The lowest BCUT2D eigenvalue weighted by atomic mass is 10.1. The molecule has 18 heavy (non-hydrogen) atoms. The van der Waals surface area contributed by atoms with E-state index < -0.39 is 22.5 Å². The zero-order valence-corrected chi connectivity index (χ0v) is 11.4. The van der Waals surface area contributed by atoms with Crippen molar-refractivity contribution < 1.29 is 17.9 Å². The monoisotopic (exact) mass is 271 g/mol.